The lowest BCUT2D eigenvalue weighted by molar-refractivity contribution is -0.126. The van der Waals surface area contributed by atoms with Gasteiger partial charge < -0.3 is 10.6 Å². The molecular formula is C12H15BrN2O. The molecule has 1 aromatic carbocycles. The van der Waals surface area contributed by atoms with E-state index in [2.05, 4.69) is 38.7 Å². The minimum absolute atomic E-state index is 0.175. The molecule has 1 amide bonds. The van der Waals surface area contributed by atoms with Gasteiger partial charge in [-0.15, -0.1) is 0 Å². The molecule has 0 atom stereocenters. The number of carbonyl (C=O) groups is 1. The first kappa shape index (κ1) is 11.6. The van der Waals surface area contributed by atoms with E-state index in [1.807, 2.05) is 12.1 Å². The van der Waals surface area contributed by atoms with Gasteiger partial charge in [0.1, 0.15) is 0 Å². The first-order chi connectivity index (χ1) is 7.75. The van der Waals surface area contributed by atoms with Crippen molar-refractivity contribution in [2.75, 3.05) is 19.6 Å². The Kier molecular flexibility index (Phi) is 3.96. The lowest BCUT2D eigenvalue weighted by Crippen LogP contribution is -2.51. The van der Waals surface area contributed by atoms with E-state index in [4.69, 9.17) is 0 Å². The molecule has 16 heavy (non-hydrogen) atoms. The SMILES string of the molecule is O=C(NCCc1cccc(Br)c1)C1CNC1. The molecule has 0 spiro atoms. The highest BCUT2D eigenvalue weighted by Crippen LogP contribution is 2.11. The van der Waals surface area contributed by atoms with E-state index in [1.165, 1.54) is 5.56 Å². The van der Waals surface area contributed by atoms with Crippen LogP contribution in [0.15, 0.2) is 28.7 Å². The monoisotopic (exact) mass is 282 g/mol. The van der Waals surface area contributed by atoms with Gasteiger partial charge in [-0.2, -0.15) is 0 Å². The minimum atomic E-state index is 0.175. The maximum absolute atomic E-state index is 11.5. The molecule has 2 rings (SSSR count). The summed E-state index contributed by atoms with van der Waals surface area (Å²) in [4.78, 5) is 11.5. The second kappa shape index (κ2) is 5.46. The van der Waals surface area contributed by atoms with Crippen LogP contribution in [-0.2, 0) is 11.2 Å². The smallest absolute Gasteiger partial charge is 0.225 e. The van der Waals surface area contributed by atoms with Crippen molar-refractivity contribution in [1.29, 1.82) is 0 Å². The number of halogens is 1. The van der Waals surface area contributed by atoms with Crippen molar-refractivity contribution in [3.8, 4) is 0 Å². The Morgan fingerprint density at radius 3 is 2.94 bits per heavy atom. The average Bonchev–Trinajstić information content (AvgIpc) is 2.15. The number of nitrogens with one attached hydrogen (secondary N) is 2. The van der Waals surface area contributed by atoms with Gasteiger partial charge in [0.2, 0.25) is 5.91 Å². The van der Waals surface area contributed by atoms with Crippen LogP contribution >= 0.6 is 15.9 Å². The van der Waals surface area contributed by atoms with Crippen LogP contribution in [-0.4, -0.2) is 25.5 Å². The third-order valence-electron chi connectivity index (χ3n) is 2.75. The van der Waals surface area contributed by atoms with Crippen LogP contribution < -0.4 is 10.6 Å². The Hall–Kier alpha value is -0.870. The lowest BCUT2D eigenvalue weighted by Gasteiger charge is -2.25. The Morgan fingerprint density at radius 2 is 2.31 bits per heavy atom. The van der Waals surface area contributed by atoms with E-state index in [9.17, 15) is 4.79 Å². The third-order valence-corrected chi connectivity index (χ3v) is 3.25. The van der Waals surface area contributed by atoms with Gasteiger partial charge in [0.05, 0.1) is 5.92 Å². The molecule has 1 heterocycles. The summed E-state index contributed by atoms with van der Waals surface area (Å²) in [5.74, 6) is 0.358. The fraction of sp³-hybridized carbons (Fsp3) is 0.417. The molecule has 0 unspecified atom stereocenters. The van der Waals surface area contributed by atoms with Gasteiger partial charge in [-0.3, -0.25) is 4.79 Å². The number of hydrogen-bond donors (Lipinski definition) is 2. The first-order valence-electron chi connectivity index (χ1n) is 5.48. The molecule has 1 aliphatic rings. The number of amides is 1. The predicted octanol–water partition coefficient (Wildman–Crippen LogP) is 1.33. The molecule has 0 aromatic heterocycles. The Bertz CT molecular complexity index is 377. The fourth-order valence-corrected chi connectivity index (χ4v) is 2.09. The molecule has 4 heteroatoms. The van der Waals surface area contributed by atoms with Crippen LogP contribution in [0.25, 0.3) is 0 Å². The van der Waals surface area contributed by atoms with Crippen molar-refractivity contribution < 1.29 is 4.79 Å². The van der Waals surface area contributed by atoms with Gasteiger partial charge in [0.25, 0.3) is 0 Å². The summed E-state index contributed by atoms with van der Waals surface area (Å²) in [6.07, 6.45) is 0.880. The van der Waals surface area contributed by atoms with Crippen molar-refractivity contribution in [2.24, 2.45) is 5.92 Å². The van der Waals surface area contributed by atoms with Crippen molar-refractivity contribution in [3.05, 3.63) is 34.3 Å². The lowest BCUT2D eigenvalue weighted by atomic mass is 10.0. The zero-order chi connectivity index (χ0) is 11.4. The number of carbonyl (C=O) groups excluding carboxylic acids is 1. The zero-order valence-electron chi connectivity index (χ0n) is 9.00. The molecule has 86 valence electrons. The normalized spacial score (nSPS) is 15.6. The molecule has 1 saturated heterocycles. The van der Waals surface area contributed by atoms with Crippen molar-refractivity contribution in [2.45, 2.75) is 6.42 Å². The van der Waals surface area contributed by atoms with Gasteiger partial charge in [0.15, 0.2) is 0 Å². The fourth-order valence-electron chi connectivity index (χ4n) is 1.64. The number of rotatable bonds is 4. The Morgan fingerprint density at radius 1 is 1.50 bits per heavy atom. The van der Waals surface area contributed by atoms with Crippen molar-refractivity contribution in [3.63, 3.8) is 0 Å². The van der Waals surface area contributed by atoms with Gasteiger partial charge in [-0.25, -0.2) is 0 Å². The molecular weight excluding hydrogens is 268 g/mol. The highest BCUT2D eigenvalue weighted by Gasteiger charge is 2.23. The average molecular weight is 283 g/mol. The van der Waals surface area contributed by atoms with Crippen LogP contribution in [0, 0.1) is 5.92 Å². The van der Waals surface area contributed by atoms with Crippen LogP contribution in [0.5, 0.6) is 0 Å². The van der Waals surface area contributed by atoms with E-state index < -0.39 is 0 Å². The van der Waals surface area contributed by atoms with E-state index in [-0.39, 0.29) is 11.8 Å². The Labute approximate surface area is 104 Å². The second-order valence-electron chi connectivity index (χ2n) is 4.03. The summed E-state index contributed by atoms with van der Waals surface area (Å²) in [5, 5.41) is 6.05. The molecule has 1 fully saturated rings. The van der Waals surface area contributed by atoms with Gasteiger partial charge in [0, 0.05) is 24.1 Å². The quantitative estimate of drug-likeness (QED) is 0.875. The van der Waals surface area contributed by atoms with Gasteiger partial charge in [-0.1, -0.05) is 28.1 Å². The zero-order valence-corrected chi connectivity index (χ0v) is 10.6. The van der Waals surface area contributed by atoms with E-state index >= 15 is 0 Å². The summed E-state index contributed by atoms with van der Waals surface area (Å²) >= 11 is 3.43. The van der Waals surface area contributed by atoms with Crippen LogP contribution in [0.1, 0.15) is 5.56 Å². The summed E-state index contributed by atoms with van der Waals surface area (Å²) in [6.45, 7) is 2.36. The maximum atomic E-state index is 11.5. The Balaban J connectivity index is 1.73. The van der Waals surface area contributed by atoms with E-state index in [1.54, 1.807) is 0 Å². The minimum Gasteiger partial charge on any atom is -0.355 e. The molecule has 2 N–H and O–H groups in total. The van der Waals surface area contributed by atoms with E-state index in [0.29, 0.717) is 6.54 Å². The number of hydrogen-bond acceptors (Lipinski definition) is 2. The number of benzene rings is 1. The van der Waals surface area contributed by atoms with Gasteiger partial charge in [-0.05, 0) is 24.1 Å². The molecule has 0 bridgehead atoms. The molecule has 3 nitrogen and oxygen atoms in total. The highest BCUT2D eigenvalue weighted by atomic mass is 79.9. The van der Waals surface area contributed by atoms with Crippen LogP contribution in [0.4, 0.5) is 0 Å². The summed E-state index contributed by atoms with van der Waals surface area (Å²) in [7, 11) is 0. The largest absolute Gasteiger partial charge is 0.355 e. The van der Waals surface area contributed by atoms with E-state index in [0.717, 1.165) is 24.0 Å². The summed E-state index contributed by atoms with van der Waals surface area (Å²) in [6, 6.07) is 8.16. The highest BCUT2D eigenvalue weighted by molar-refractivity contribution is 9.10. The van der Waals surface area contributed by atoms with Crippen LogP contribution in [0.3, 0.4) is 0 Å². The second-order valence-corrected chi connectivity index (χ2v) is 4.94. The molecule has 0 aliphatic carbocycles. The van der Waals surface area contributed by atoms with Gasteiger partial charge >= 0.3 is 0 Å². The van der Waals surface area contributed by atoms with Crippen molar-refractivity contribution >= 4 is 21.8 Å². The third kappa shape index (κ3) is 3.06. The van der Waals surface area contributed by atoms with Crippen LogP contribution in [0.2, 0.25) is 0 Å². The summed E-state index contributed by atoms with van der Waals surface area (Å²) < 4.78 is 1.08. The topological polar surface area (TPSA) is 41.1 Å². The van der Waals surface area contributed by atoms with Crippen molar-refractivity contribution in [1.82, 2.24) is 10.6 Å². The predicted molar refractivity (Wildman–Crippen MR) is 67.2 cm³/mol. The summed E-state index contributed by atoms with van der Waals surface area (Å²) in [5.41, 5.74) is 1.24. The standard InChI is InChI=1S/C12H15BrN2O/c13-11-3-1-2-9(6-11)4-5-15-12(16)10-7-14-8-10/h1-3,6,10,14H,4-5,7-8H2,(H,15,16). The maximum Gasteiger partial charge on any atom is 0.225 e. The molecule has 1 aromatic rings. The molecule has 0 radical (unpaired) electrons. The molecule has 0 saturated carbocycles. The first-order valence-corrected chi connectivity index (χ1v) is 6.28. The molecule has 1 aliphatic heterocycles.